The summed E-state index contributed by atoms with van der Waals surface area (Å²) in [6.45, 7) is 0.348. The quantitative estimate of drug-likeness (QED) is 0.614. The van der Waals surface area contributed by atoms with Gasteiger partial charge < -0.3 is 29.8 Å². The average Bonchev–Trinajstić information content (AvgIpc) is 3.08. The number of aromatic nitrogens is 2. The van der Waals surface area contributed by atoms with Crippen molar-refractivity contribution in [2.45, 2.75) is 12.5 Å². The minimum atomic E-state index is -0.502. The van der Waals surface area contributed by atoms with Crippen LogP contribution in [0, 0.1) is 5.82 Å². The molecule has 2 aromatic heterocycles. The van der Waals surface area contributed by atoms with Gasteiger partial charge in [-0.05, 0) is 18.2 Å². The maximum absolute atomic E-state index is 14.2. The molecule has 3 aromatic rings. The highest BCUT2D eigenvalue weighted by atomic mass is 19.1. The topological polar surface area (TPSA) is 97.5 Å². The SMILES string of the molecule is COc1c(F)cccc1Nc1c2[nH]c3c1C(=O)N[C@H](COCOc1cnccc1-2)C3. The summed E-state index contributed by atoms with van der Waals surface area (Å²) >= 11 is 0. The van der Waals surface area contributed by atoms with Crippen LogP contribution in [0.25, 0.3) is 11.3 Å². The number of carbonyl (C=O) groups excluding carboxylic acids is 1. The van der Waals surface area contributed by atoms with Gasteiger partial charge in [0.05, 0.1) is 48.6 Å². The number of hydrogen-bond donors (Lipinski definition) is 3. The van der Waals surface area contributed by atoms with E-state index in [2.05, 4.69) is 20.6 Å². The molecular weight excluding hydrogens is 391 g/mol. The zero-order valence-electron chi connectivity index (χ0n) is 16.1. The Bertz CT molecular complexity index is 1130. The van der Waals surface area contributed by atoms with Crippen LogP contribution in [0.4, 0.5) is 15.8 Å². The lowest BCUT2D eigenvalue weighted by Gasteiger charge is -2.24. The largest absolute Gasteiger partial charge is 0.492 e. The summed E-state index contributed by atoms with van der Waals surface area (Å²) in [6.07, 6.45) is 3.79. The van der Waals surface area contributed by atoms with Gasteiger partial charge in [0, 0.05) is 23.9 Å². The number of benzene rings is 1. The zero-order chi connectivity index (χ0) is 20.7. The molecule has 0 unspecified atom stereocenters. The fraction of sp³-hybridized carbons (Fsp3) is 0.238. The highest BCUT2D eigenvalue weighted by Gasteiger charge is 2.33. The number of hydrogen-bond acceptors (Lipinski definition) is 6. The summed E-state index contributed by atoms with van der Waals surface area (Å²) in [5.41, 5.74) is 3.50. The van der Waals surface area contributed by atoms with Crippen LogP contribution in [0.2, 0.25) is 0 Å². The predicted molar refractivity (Wildman–Crippen MR) is 107 cm³/mol. The fourth-order valence-electron chi connectivity index (χ4n) is 3.88. The number of pyridine rings is 1. The number of nitrogens with one attached hydrogen (secondary N) is 3. The van der Waals surface area contributed by atoms with E-state index in [9.17, 15) is 9.18 Å². The number of fused-ring (bicyclic) bond motifs is 4. The van der Waals surface area contributed by atoms with E-state index in [4.69, 9.17) is 14.2 Å². The number of anilines is 2. The Morgan fingerprint density at radius 3 is 3.10 bits per heavy atom. The van der Waals surface area contributed by atoms with E-state index in [1.165, 1.54) is 13.2 Å². The summed E-state index contributed by atoms with van der Waals surface area (Å²) in [7, 11) is 1.40. The fourth-order valence-corrected chi connectivity index (χ4v) is 3.88. The third-order valence-electron chi connectivity index (χ3n) is 5.19. The molecule has 0 saturated carbocycles. The summed E-state index contributed by atoms with van der Waals surface area (Å²) in [5, 5.41) is 6.17. The first-order valence-electron chi connectivity index (χ1n) is 9.46. The first-order valence-corrected chi connectivity index (χ1v) is 9.46. The number of nitrogens with zero attached hydrogens (tertiary/aromatic N) is 1. The van der Waals surface area contributed by atoms with Gasteiger partial charge in [0.2, 0.25) is 0 Å². The van der Waals surface area contributed by atoms with Crippen LogP contribution in [0.3, 0.4) is 0 Å². The molecule has 2 aliphatic heterocycles. The first kappa shape index (κ1) is 18.4. The van der Waals surface area contributed by atoms with E-state index >= 15 is 0 Å². The number of halogens is 1. The van der Waals surface area contributed by atoms with Gasteiger partial charge in [0.25, 0.3) is 5.91 Å². The molecule has 0 spiro atoms. The van der Waals surface area contributed by atoms with Crippen LogP contribution in [-0.2, 0) is 11.2 Å². The number of H-pyrrole nitrogens is 1. The Labute approximate surface area is 171 Å². The Hall–Kier alpha value is -3.59. The lowest BCUT2D eigenvalue weighted by Crippen LogP contribution is -2.44. The van der Waals surface area contributed by atoms with E-state index in [0.29, 0.717) is 47.0 Å². The maximum Gasteiger partial charge on any atom is 0.255 e. The molecule has 9 heteroatoms. The number of ether oxygens (including phenoxy) is 3. The molecule has 3 N–H and O–H groups in total. The molecule has 0 radical (unpaired) electrons. The van der Waals surface area contributed by atoms with Crippen molar-refractivity contribution in [2.75, 3.05) is 25.8 Å². The van der Waals surface area contributed by atoms with Crippen molar-refractivity contribution >= 4 is 17.3 Å². The third kappa shape index (κ3) is 3.03. The standard InChI is InChI=1S/C21H19FN4O4/c1-28-20-13(22)3-2-4-14(20)25-19-17-15-7-11(24-21(17)27)9-29-10-30-16-8-23-6-5-12(16)18(19)26-15/h2-6,8,11,25-26H,7,9-10H2,1H3,(H,24,27)/t11-/m0/s1. The number of carbonyl (C=O) groups is 1. The Balaban J connectivity index is 1.72. The molecule has 4 heterocycles. The van der Waals surface area contributed by atoms with E-state index < -0.39 is 5.82 Å². The molecule has 2 aliphatic rings. The van der Waals surface area contributed by atoms with Crippen molar-refractivity contribution in [3.8, 4) is 22.8 Å². The molecule has 1 amide bonds. The van der Waals surface area contributed by atoms with E-state index in [1.54, 1.807) is 30.6 Å². The molecule has 0 fully saturated rings. The Kier molecular flexibility index (Phi) is 4.51. The van der Waals surface area contributed by atoms with Crippen molar-refractivity contribution in [1.82, 2.24) is 15.3 Å². The molecule has 5 rings (SSSR count). The van der Waals surface area contributed by atoms with Crippen molar-refractivity contribution < 1.29 is 23.4 Å². The van der Waals surface area contributed by atoms with E-state index in [1.807, 2.05) is 0 Å². The van der Waals surface area contributed by atoms with Gasteiger partial charge in [-0.2, -0.15) is 0 Å². The van der Waals surface area contributed by atoms with E-state index in [-0.39, 0.29) is 24.5 Å². The van der Waals surface area contributed by atoms with Crippen molar-refractivity contribution in [1.29, 1.82) is 0 Å². The molecular formula is C21H19FN4O4. The molecule has 30 heavy (non-hydrogen) atoms. The van der Waals surface area contributed by atoms with Crippen molar-refractivity contribution in [2.24, 2.45) is 0 Å². The second kappa shape index (κ2) is 7.34. The van der Waals surface area contributed by atoms with Gasteiger partial charge in [0.1, 0.15) is 5.75 Å². The van der Waals surface area contributed by atoms with Crippen LogP contribution < -0.4 is 20.1 Å². The second-order valence-electron chi connectivity index (χ2n) is 7.05. The highest BCUT2D eigenvalue weighted by Crippen LogP contribution is 2.42. The van der Waals surface area contributed by atoms with Gasteiger partial charge in [-0.15, -0.1) is 0 Å². The molecule has 0 aliphatic carbocycles. The predicted octanol–water partition coefficient (Wildman–Crippen LogP) is 2.99. The van der Waals surface area contributed by atoms with Gasteiger partial charge in [0.15, 0.2) is 18.4 Å². The molecule has 3 bridgehead atoms. The molecule has 0 saturated heterocycles. The monoisotopic (exact) mass is 410 g/mol. The first-order chi connectivity index (χ1) is 14.7. The number of para-hydroxylation sites is 1. The smallest absolute Gasteiger partial charge is 0.255 e. The maximum atomic E-state index is 14.2. The van der Waals surface area contributed by atoms with Gasteiger partial charge in [-0.25, -0.2) is 4.39 Å². The number of amides is 1. The molecule has 1 aromatic carbocycles. The Morgan fingerprint density at radius 1 is 1.33 bits per heavy atom. The van der Waals surface area contributed by atoms with Crippen LogP contribution in [0.1, 0.15) is 16.1 Å². The Morgan fingerprint density at radius 2 is 2.23 bits per heavy atom. The lowest BCUT2D eigenvalue weighted by atomic mass is 10.0. The minimum absolute atomic E-state index is 0.0325. The van der Waals surface area contributed by atoms with Gasteiger partial charge in [-0.1, -0.05) is 6.07 Å². The zero-order valence-corrected chi connectivity index (χ0v) is 16.1. The number of aromatic amines is 1. The molecule has 154 valence electrons. The number of methoxy groups -OCH3 is 1. The average molecular weight is 410 g/mol. The third-order valence-corrected chi connectivity index (χ3v) is 5.19. The summed E-state index contributed by atoms with van der Waals surface area (Å²) in [6, 6.07) is 6.18. The molecule has 8 nitrogen and oxygen atoms in total. The minimum Gasteiger partial charge on any atom is -0.492 e. The summed E-state index contributed by atoms with van der Waals surface area (Å²) in [4.78, 5) is 20.5. The lowest BCUT2D eigenvalue weighted by molar-refractivity contribution is 0.00438. The summed E-state index contributed by atoms with van der Waals surface area (Å²) in [5.74, 6) is -0.168. The van der Waals surface area contributed by atoms with Gasteiger partial charge >= 0.3 is 0 Å². The van der Waals surface area contributed by atoms with Crippen LogP contribution in [-0.4, -0.2) is 42.4 Å². The number of rotatable bonds is 3. The van der Waals surface area contributed by atoms with Crippen molar-refractivity contribution in [3.05, 3.63) is 53.7 Å². The second-order valence-corrected chi connectivity index (χ2v) is 7.05. The molecule has 1 atom stereocenters. The van der Waals surface area contributed by atoms with Crippen LogP contribution in [0.15, 0.2) is 36.7 Å². The van der Waals surface area contributed by atoms with Crippen LogP contribution >= 0.6 is 0 Å². The highest BCUT2D eigenvalue weighted by molar-refractivity contribution is 6.07. The van der Waals surface area contributed by atoms with Crippen molar-refractivity contribution in [3.63, 3.8) is 0 Å². The summed E-state index contributed by atoms with van der Waals surface area (Å²) < 4.78 is 30.8. The van der Waals surface area contributed by atoms with E-state index in [0.717, 1.165) is 5.69 Å². The van der Waals surface area contributed by atoms with Crippen LogP contribution in [0.5, 0.6) is 11.5 Å². The van der Waals surface area contributed by atoms with Gasteiger partial charge in [-0.3, -0.25) is 9.78 Å². The normalized spacial score (nSPS) is 17.4.